The fourth-order valence-corrected chi connectivity index (χ4v) is 3.90. The van der Waals surface area contributed by atoms with Gasteiger partial charge < -0.3 is 10.0 Å². The molecule has 2 aliphatic carbocycles. The van der Waals surface area contributed by atoms with E-state index in [2.05, 4.69) is 12.2 Å². The van der Waals surface area contributed by atoms with Crippen molar-refractivity contribution in [2.75, 3.05) is 13.1 Å². The number of carbonyl (C=O) groups excluding carboxylic acids is 1. The Morgan fingerprint density at radius 1 is 1.32 bits per heavy atom. The van der Waals surface area contributed by atoms with Gasteiger partial charge in [0.15, 0.2) is 0 Å². The van der Waals surface area contributed by atoms with Crippen LogP contribution in [0.3, 0.4) is 0 Å². The van der Waals surface area contributed by atoms with Gasteiger partial charge in [0.25, 0.3) is 0 Å². The van der Waals surface area contributed by atoms with Crippen molar-refractivity contribution in [1.29, 1.82) is 0 Å². The highest BCUT2D eigenvalue weighted by molar-refractivity contribution is 5.82. The molecular formula is C15H21NO3. The second-order valence-electron chi connectivity index (χ2n) is 6.62. The van der Waals surface area contributed by atoms with Crippen molar-refractivity contribution in [2.45, 2.75) is 32.6 Å². The Kier molecular flexibility index (Phi) is 2.91. The maximum atomic E-state index is 12.6. The van der Waals surface area contributed by atoms with Gasteiger partial charge in [-0.25, -0.2) is 0 Å². The molecule has 0 aromatic carbocycles. The Balaban J connectivity index is 1.70. The number of hydrogen-bond donors (Lipinski definition) is 1. The third-order valence-corrected chi connectivity index (χ3v) is 5.12. The fraction of sp³-hybridized carbons (Fsp3) is 0.733. The molecule has 104 valence electrons. The summed E-state index contributed by atoms with van der Waals surface area (Å²) in [5.74, 6) is 0.484. The van der Waals surface area contributed by atoms with Crippen LogP contribution in [0.1, 0.15) is 32.6 Å². The van der Waals surface area contributed by atoms with E-state index in [9.17, 15) is 14.7 Å². The first kappa shape index (κ1) is 12.7. The van der Waals surface area contributed by atoms with Crippen LogP contribution in [0.15, 0.2) is 12.2 Å². The van der Waals surface area contributed by atoms with Crippen molar-refractivity contribution < 1.29 is 14.7 Å². The van der Waals surface area contributed by atoms with Gasteiger partial charge >= 0.3 is 5.97 Å². The van der Waals surface area contributed by atoms with E-state index in [1.54, 1.807) is 11.8 Å². The average molecular weight is 263 g/mol. The smallest absolute Gasteiger partial charge is 0.311 e. The number of nitrogens with zero attached hydrogens (tertiary/aromatic N) is 1. The summed E-state index contributed by atoms with van der Waals surface area (Å²) < 4.78 is 0. The van der Waals surface area contributed by atoms with Crippen molar-refractivity contribution in [3.8, 4) is 0 Å². The Morgan fingerprint density at radius 3 is 2.68 bits per heavy atom. The molecule has 3 rings (SSSR count). The predicted octanol–water partition coefficient (Wildman–Crippen LogP) is 1.91. The van der Waals surface area contributed by atoms with Gasteiger partial charge in [0.1, 0.15) is 0 Å². The SMILES string of the molecule is CC1(C(=O)O)CCCN(C(=O)C2CC3C=CC2C3)C1. The number of carboxylic acids is 1. The zero-order valence-corrected chi connectivity index (χ0v) is 11.3. The molecule has 4 heteroatoms. The molecule has 0 spiro atoms. The van der Waals surface area contributed by atoms with Crippen molar-refractivity contribution in [3.05, 3.63) is 12.2 Å². The number of hydrogen-bond acceptors (Lipinski definition) is 2. The molecule has 1 saturated carbocycles. The van der Waals surface area contributed by atoms with Gasteiger partial charge in [-0.1, -0.05) is 12.2 Å². The highest BCUT2D eigenvalue weighted by atomic mass is 16.4. The molecule has 4 unspecified atom stereocenters. The van der Waals surface area contributed by atoms with Gasteiger partial charge in [-0.2, -0.15) is 0 Å². The van der Waals surface area contributed by atoms with Crippen LogP contribution in [0.2, 0.25) is 0 Å². The Hall–Kier alpha value is -1.32. The monoisotopic (exact) mass is 263 g/mol. The van der Waals surface area contributed by atoms with Gasteiger partial charge in [-0.3, -0.25) is 9.59 Å². The quantitative estimate of drug-likeness (QED) is 0.774. The van der Waals surface area contributed by atoms with E-state index in [-0.39, 0.29) is 11.8 Å². The van der Waals surface area contributed by atoms with Gasteiger partial charge in [0, 0.05) is 19.0 Å². The second kappa shape index (κ2) is 4.36. The summed E-state index contributed by atoms with van der Waals surface area (Å²) in [5, 5.41) is 9.32. The van der Waals surface area contributed by atoms with Crippen LogP contribution >= 0.6 is 0 Å². The minimum Gasteiger partial charge on any atom is -0.481 e. The molecule has 1 saturated heterocycles. The normalized spacial score (nSPS) is 40.7. The van der Waals surface area contributed by atoms with E-state index < -0.39 is 11.4 Å². The van der Waals surface area contributed by atoms with Crippen molar-refractivity contribution in [1.82, 2.24) is 4.90 Å². The highest BCUT2D eigenvalue weighted by Gasteiger charge is 2.45. The fourth-order valence-electron chi connectivity index (χ4n) is 3.90. The predicted molar refractivity (Wildman–Crippen MR) is 70.4 cm³/mol. The summed E-state index contributed by atoms with van der Waals surface area (Å²) >= 11 is 0. The summed E-state index contributed by atoms with van der Waals surface area (Å²) in [6, 6.07) is 0. The molecule has 19 heavy (non-hydrogen) atoms. The Labute approximate surface area is 113 Å². The van der Waals surface area contributed by atoms with Crippen molar-refractivity contribution in [2.24, 2.45) is 23.2 Å². The lowest BCUT2D eigenvalue weighted by molar-refractivity contribution is -0.154. The van der Waals surface area contributed by atoms with E-state index in [0.717, 1.165) is 25.8 Å². The summed E-state index contributed by atoms with van der Waals surface area (Å²) in [6.07, 6.45) is 7.94. The Bertz CT molecular complexity index is 445. The maximum absolute atomic E-state index is 12.6. The first-order chi connectivity index (χ1) is 8.99. The summed E-state index contributed by atoms with van der Waals surface area (Å²) in [7, 11) is 0. The number of allylic oxidation sites excluding steroid dienone is 2. The lowest BCUT2D eigenvalue weighted by Crippen LogP contribution is -2.50. The molecule has 0 aromatic heterocycles. The number of amides is 1. The molecule has 1 aliphatic heterocycles. The lowest BCUT2D eigenvalue weighted by atomic mass is 9.81. The van der Waals surface area contributed by atoms with Crippen LogP contribution in [0.25, 0.3) is 0 Å². The number of aliphatic carboxylic acids is 1. The number of likely N-dealkylation sites (tertiary alicyclic amines) is 1. The molecule has 4 atom stereocenters. The van der Waals surface area contributed by atoms with E-state index in [4.69, 9.17) is 0 Å². The number of rotatable bonds is 2. The van der Waals surface area contributed by atoms with Crippen LogP contribution in [0.5, 0.6) is 0 Å². The minimum atomic E-state index is -0.780. The molecule has 2 bridgehead atoms. The van der Waals surface area contributed by atoms with Gasteiger partial charge in [-0.05, 0) is 44.4 Å². The molecule has 3 aliphatic rings. The molecular weight excluding hydrogens is 242 g/mol. The minimum absolute atomic E-state index is 0.103. The zero-order valence-electron chi connectivity index (χ0n) is 11.3. The zero-order chi connectivity index (χ0) is 13.6. The van der Waals surface area contributed by atoms with Crippen LogP contribution in [0, 0.1) is 23.2 Å². The summed E-state index contributed by atoms with van der Waals surface area (Å²) in [5.41, 5.74) is -0.763. The van der Waals surface area contributed by atoms with E-state index in [0.29, 0.717) is 24.8 Å². The largest absolute Gasteiger partial charge is 0.481 e. The molecule has 1 amide bonds. The molecule has 0 aromatic rings. The molecule has 1 heterocycles. The number of fused-ring (bicyclic) bond motifs is 2. The van der Waals surface area contributed by atoms with Crippen LogP contribution in [0.4, 0.5) is 0 Å². The standard InChI is InChI=1S/C15H21NO3/c1-15(14(18)19)5-2-6-16(9-15)13(17)12-8-10-3-4-11(12)7-10/h3-4,10-12H,2,5-9H2,1H3,(H,18,19). The van der Waals surface area contributed by atoms with E-state index in [1.165, 1.54) is 0 Å². The van der Waals surface area contributed by atoms with Gasteiger partial charge in [0.2, 0.25) is 5.91 Å². The number of piperidine rings is 1. The highest BCUT2D eigenvalue weighted by Crippen LogP contribution is 2.44. The number of carbonyl (C=O) groups is 2. The third-order valence-electron chi connectivity index (χ3n) is 5.12. The number of carboxylic acid groups (broad SMARTS) is 1. The van der Waals surface area contributed by atoms with E-state index in [1.807, 2.05) is 0 Å². The Morgan fingerprint density at radius 2 is 2.11 bits per heavy atom. The maximum Gasteiger partial charge on any atom is 0.311 e. The second-order valence-corrected chi connectivity index (χ2v) is 6.62. The van der Waals surface area contributed by atoms with Crippen molar-refractivity contribution >= 4 is 11.9 Å². The van der Waals surface area contributed by atoms with Crippen LogP contribution < -0.4 is 0 Å². The van der Waals surface area contributed by atoms with Crippen LogP contribution in [-0.4, -0.2) is 35.0 Å². The summed E-state index contributed by atoms with van der Waals surface area (Å²) in [6.45, 7) is 2.85. The van der Waals surface area contributed by atoms with Gasteiger partial charge in [0.05, 0.1) is 5.41 Å². The first-order valence-electron chi connectivity index (χ1n) is 7.20. The third kappa shape index (κ3) is 2.07. The topological polar surface area (TPSA) is 57.6 Å². The molecule has 4 nitrogen and oxygen atoms in total. The van der Waals surface area contributed by atoms with Gasteiger partial charge in [-0.15, -0.1) is 0 Å². The van der Waals surface area contributed by atoms with Crippen molar-refractivity contribution in [3.63, 3.8) is 0 Å². The first-order valence-corrected chi connectivity index (χ1v) is 7.20. The van der Waals surface area contributed by atoms with Crippen LogP contribution in [-0.2, 0) is 9.59 Å². The average Bonchev–Trinajstić information content (AvgIpc) is 3.00. The lowest BCUT2D eigenvalue weighted by Gasteiger charge is -2.39. The van der Waals surface area contributed by atoms with E-state index >= 15 is 0 Å². The molecule has 2 fully saturated rings. The molecule has 0 radical (unpaired) electrons. The molecule has 1 N–H and O–H groups in total. The summed E-state index contributed by atoms with van der Waals surface area (Å²) in [4.78, 5) is 25.7.